The SMILES string of the molecule is CC1(C)N=C(N)N=C(N)N1c1cc(Cl)cc(CCNC(=O)Nc2ccc(S(=O)(=O)F)cc2)c1.Cc1ccc(S(=O)(=O)O)cc1. The molecule has 4 rings (SSSR count). The molecule has 1 aliphatic heterocycles. The molecule has 1 heterocycles. The van der Waals surface area contributed by atoms with Crippen molar-refractivity contribution in [2.24, 2.45) is 21.5 Å². The van der Waals surface area contributed by atoms with E-state index in [4.69, 9.17) is 27.6 Å². The quantitative estimate of drug-likeness (QED) is 0.183. The normalized spacial score (nSPS) is 14.5. The summed E-state index contributed by atoms with van der Waals surface area (Å²) in [4.78, 5) is 21.6. The van der Waals surface area contributed by atoms with Gasteiger partial charge in [0.2, 0.25) is 11.9 Å². The van der Waals surface area contributed by atoms with E-state index in [1.54, 1.807) is 29.2 Å². The first kappa shape index (κ1) is 34.2. The maximum atomic E-state index is 12.9. The van der Waals surface area contributed by atoms with E-state index in [-0.39, 0.29) is 23.4 Å². The number of amides is 2. The Morgan fingerprint density at radius 2 is 1.59 bits per heavy atom. The summed E-state index contributed by atoms with van der Waals surface area (Å²) < 4.78 is 64.2. The summed E-state index contributed by atoms with van der Waals surface area (Å²) in [6, 6.07) is 15.5. The molecule has 2 amide bonds. The van der Waals surface area contributed by atoms with Crippen LogP contribution in [-0.2, 0) is 26.8 Å². The van der Waals surface area contributed by atoms with E-state index in [1.807, 2.05) is 26.8 Å². The summed E-state index contributed by atoms with van der Waals surface area (Å²) in [5.74, 6) is 0.275. The first-order valence-corrected chi connectivity index (χ1v) is 16.0. The van der Waals surface area contributed by atoms with Crippen molar-refractivity contribution >= 4 is 61.3 Å². The fraction of sp³-hybridized carbons (Fsp3) is 0.222. The van der Waals surface area contributed by atoms with Gasteiger partial charge in [-0.3, -0.25) is 9.45 Å². The van der Waals surface area contributed by atoms with E-state index in [0.717, 1.165) is 23.3 Å². The number of halogens is 2. The highest BCUT2D eigenvalue weighted by Gasteiger charge is 2.33. The number of carbonyl (C=O) groups excluding carboxylic acids is 1. The highest BCUT2D eigenvalue weighted by molar-refractivity contribution is 7.86. The summed E-state index contributed by atoms with van der Waals surface area (Å²) in [5.41, 5.74) is 13.8. The third-order valence-corrected chi connectivity index (χ3v) is 7.93. The first-order chi connectivity index (χ1) is 20.3. The zero-order valence-corrected chi connectivity index (χ0v) is 26.2. The Morgan fingerprint density at radius 1 is 1.00 bits per heavy atom. The first-order valence-electron chi connectivity index (χ1n) is 12.8. The molecule has 13 nitrogen and oxygen atoms in total. The van der Waals surface area contributed by atoms with Crippen LogP contribution in [-0.4, -0.2) is 51.5 Å². The third-order valence-electron chi connectivity index (χ3n) is 6.01. The number of urea groups is 1. The number of hydrogen-bond acceptors (Lipinski definition) is 10. The van der Waals surface area contributed by atoms with Crippen LogP contribution in [0.25, 0.3) is 0 Å². The number of benzene rings is 3. The molecule has 0 bridgehead atoms. The van der Waals surface area contributed by atoms with Crippen molar-refractivity contribution in [3.05, 3.63) is 82.9 Å². The lowest BCUT2D eigenvalue weighted by atomic mass is 10.1. The van der Waals surface area contributed by atoms with Gasteiger partial charge in [0.15, 0.2) is 0 Å². The average Bonchev–Trinajstić information content (AvgIpc) is 2.87. The molecule has 0 spiro atoms. The van der Waals surface area contributed by atoms with Crippen LogP contribution in [0.3, 0.4) is 0 Å². The molecule has 0 fully saturated rings. The van der Waals surface area contributed by atoms with Crippen LogP contribution in [0.15, 0.2) is 86.5 Å². The van der Waals surface area contributed by atoms with E-state index in [0.29, 0.717) is 22.8 Å². The van der Waals surface area contributed by atoms with Crippen LogP contribution in [0.5, 0.6) is 0 Å². The monoisotopic (exact) mass is 667 g/mol. The topological polar surface area (TPSA) is 210 Å². The summed E-state index contributed by atoms with van der Waals surface area (Å²) in [5, 5.41) is 5.70. The summed E-state index contributed by atoms with van der Waals surface area (Å²) in [6.45, 7) is 5.79. The van der Waals surface area contributed by atoms with E-state index in [1.165, 1.54) is 24.3 Å². The highest BCUT2D eigenvalue weighted by atomic mass is 35.5. The number of rotatable bonds is 7. The Labute approximate surface area is 259 Å². The Morgan fingerprint density at radius 3 is 2.14 bits per heavy atom. The van der Waals surface area contributed by atoms with Crippen molar-refractivity contribution in [1.29, 1.82) is 0 Å². The Kier molecular flexibility index (Phi) is 10.6. The summed E-state index contributed by atoms with van der Waals surface area (Å²) >= 11 is 6.30. The van der Waals surface area contributed by atoms with Gasteiger partial charge in [0, 0.05) is 22.9 Å². The molecule has 236 valence electrons. The van der Waals surface area contributed by atoms with Crippen LogP contribution >= 0.6 is 11.6 Å². The second-order valence-corrected chi connectivity index (χ2v) is 13.2. The number of nitrogens with zero attached hydrogens (tertiary/aromatic N) is 3. The maximum absolute atomic E-state index is 12.9. The summed E-state index contributed by atoms with van der Waals surface area (Å²) in [6.07, 6.45) is 0.455. The standard InChI is InChI=1S/C20H23ClFN7O3S.C7H8O3S/c1-20(2)28-17(23)27-18(24)29(20)15-10-12(9-13(21)11-15)7-8-25-19(30)26-14-3-5-16(6-4-14)33(22,31)32;1-6-2-4-7(5-3-6)11(8,9)10/h3-6,9-11H,7-8H2,1-2H3,(H2,25,26,30)(H4,23,24,27,28);2-5H,1H3,(H,8,9,10). The Hall–Kier alpha value is -4.25. The van der Waals surface area contributed by atoms with E-state index in [9.17, 15) is 25.5 Å². The lowest BCUT2D eigenvalue weighted by molar-refractivity contribution is 0.252. The Bertz CT molecular complexity index is 1800. The van der Waals surface area contributed by atoms with Crippen LogP contribution in [0.4, 0.5) is 20.1 Å². The minimum absolute atomic E-state index is 0.0666. The molecule has 44 heavy (non-hydrogen) atoms. The molecule has 0 saturated carbocycles. The van der Waals surface area contributed by atoms with Crippen molar-refractivity contribution in [3.8, 4) is 0 Å². The molecule has 1 aliphatic rings. The molecular formula is C27H31ClFN7O6S2. The number of nitrogens with one attached hydrogen (secondary N) is 2. The van der Waals surface area contributed by atoms with Crippen LogP contribution in [0.2, 0.25) is 5.02 Å². The van der Waals surface area contributed by atoms with Gasteiger partial charge in [0.1, 0.15) is 5.66 Å². The van der Waals surface area contributed by atoms with Gasteiger partial charge in [-0.05, 0) is 87.4 Å². The van der Waals surface area contributed by atoms with E-state index >= 15 is 0 Å². The predicted octanol–water partition coefficient (Wildman–Crippen LogP) is 3.79. The van der Waals surface area contributed by atoms with Gasteiger partial charge in [-0.1, -0.05) is 29.3 Å². The smallest absolute Gasteiger partial charge is 0.332 e. The van der Waals surface area contributed by atoms with Gasteiger partial charge in [0.05, 0.1) is 9.79 Å². The van der Waals surface area contributed by atoms with Gasteiger partial charge in [-0.15, -0.1) is 3.89 Å². The van der Waals surface area contributed by atoms with Crippen LogP contribution in [0, 0.1) is 6.92 Å². The van der Waals surface area contributed by atoms with Crippen LogP contribution < -0.4 is 27.0 Å². The number of aryl methyl sites for hydroxylation is 1. The lowest BCUT2D eigenvalue weighted by Gasteiger charge is -2.38. The number of anilines is 2. The van der Waals surface area contributed by atoms with Crippen molar-refractivity contribution < 1.29 is 30.1 Å². The molecule has 3 aromatic carbocycles. The fourth-order valence-corrected chi connectivity index (χ4v) is 5.26. The molecule has 0 atom stereocenters. The molecule has 0 saturated heterocycles. The largest absolute Gasteiger partial charge is 0.369 e. The van der Waals surface area contributed by atoms with Gasteiger partial charge in [-0.2, -0.15) is 21.8 Å². The number of hydrogen-bond donors (Lipinski definition) is 5. The second kappa shape index (κ2) is 13.6. The molecule has 3 aromatic rings. The Balaban J connectivity index is 0.000000404. The molecule has 0 aromatic heterocycles. The minimum Gasteiger partial charge on any atom is -0.369 e. The molecule has 0 unspecified atom stereocenters. The van der Waals surface area contributed by atoms with Crippen LogP contribution in [0.1, 0.15) is 25.0 Å². The molecular weight excluding hydrogens is 637 g/mol. The van der Waals surface area contributed by atoms with Crippen molar-refractivity contribution in [1.82, 2.24) is 5.32 Å². The number of carbonyl (C=O) groups is 1. The maximum Gasteiger partial charge on any atom is 0.332 e. The molecule has 7 N–H and O–H groups in total. The van der Waals surface area contributed by atoms with E-state index in [2.05, 4.69) is 20.6 Å². The van der Waals surface area contributed by atoms with Gasteiger partial charge >= 0.3 is 16.3 Å². The zero-order chi connectivity index (χ0) is 32.9. The van der Waals surface area contributed by atoms with E-state index < -0.39 is 36.9 Å². The van der Waals surface area contributed by atoms with Gasteiger partial charge < -0.3 is 22.1 Å². The second-order valence-electron chi connectivity index (χ2n) is 9.97. The minimum atomic E-state index is -4.79. The van der Waals surface area contributed by atoms with Crippen molar-refractivity contribution in [2.45, 2.75) is 42.6 Å². The lowest BCUT2D eigenvalue weighted by Crippen LogP contribution is -2.54. The highest BCUT2D eigenvalue weighted by Crippen LogP contribution is 2.30. The van der Waals surface area contributed by atoms with Crippen molar-refractivity contribution in [3.63, 3.8) is 0 Å². The fourth-order valence-electron chi connectivity index (χ4n) is 4.06. The van der Waals surface area contributed by atoms with Gasteiger partial charge in [-0.25, -0.2) is 9.79 Å². The molecule has 0 aliphatic carbocycles. The van der Waals surface area contributed by atoms with Crippen molar-refractivity contribution in [2.75, 3.05) is 16.8 Å². The predicted molar refractivity (Wildman–Crippen MR) is 168 cm³/mol. The molecule has 0 radical (unpaired) electrons. The molecule has 17 heteroatoms. The van der Waals surface area contributed by atoms with Gasteiger partial charge in [0.25, 0.3) is 10.1 Å². The number of nitrogens with two attached hydrogens (primary N) is 2. The zero-order valence-electron chi connectivity index (χ0n) is 23.8. The number of aliphatic imine (C=N–C) groups is 2. The third kappa shape index (κ3) is 9.63. The average molecular weight is 668 g/mol. The summed E-state index contributed by atoms with van der Waals surface area (Å²) in [7, 11) is -8.81. The number of guanidine groups is 2.